The second-order valence-corrected chi connectivity index (χ2v) is 9.00. The number of hydrogen-bond acceptors (Lipinski definition) is 14. The molecule has 2 fully saturated rings. The zero-order chi connectivity index (χ0) is 24.6. The summed E-state index contributed by atoms with van der Waals surface area (Å²) >= 11 is 0. The van der Waals surface area contributed by atoms with E-state index in [1.165, 1.54) is 4.72 Å². The third-order valence-corrected chi connectivity index (χ3v) is 5.47. The Hall–Kier alpha value is -1.11. The molecule has 2 saturated heterocycles. The standard InChI is InChI=1S/C12H21NO17S2/c14-4-2(1-27-32(24,25)26)28-12(3(5(4)15)13-31(21,22)23)30-8-6(16)7(17)11(20)29-9(8)10(18)19/h2-9,11-17,20H,1H2,(H,18,19)(H,21,22,23)(H,24,25,26)/t2-,3-,4-,5-,6-,7-,8+,9+,11-,12-/m1/s1. The van der Waals surface area contributed by atoms with Gasteiger partial charge < -0.3 is 44.8 Å². The van der Waals surface area contributed by atoms with Crippen LogP contribution in [0.2, 0.25) is 0 Å². The molecule has 18 nitrogen and oxygen atoms in total. The fourth-order valence-corrected chi connectivity index (χ4v) is 3.89. The lowest BCUT2D eigenvalue weighted by Gasteiger charge is -2.45. The first kappa shape index (κ1) is 27.1. The van der Waals surface area contributed by atoms with Crippen molar-refractivity contribution in [3.63, 3.8) is 0 Å². The molecule has 0 radical (unpaired) electrons. The Labute approximate surface area is 179 Å². The van der Waals surface area contributed by atoms with Crippen molar-refractivity contribution in [1.29, 1.82) is 0 Å². The van der Waals surface area contributed by atoms with Crippen molar-refractivity contribution < 1.29 is 79.8 Å². The van der Waals surface area contributed by atoms with Gasteiger partial charge in [-0.25, -0.2) is 8.98 Å². The quantitative estimate of drug-likeness (QED) is 0.136. The van der Waals surface area contributed by atoms with E-state index in [2.05, 4.69) is 8.92 Å². The zero-order valence-corrected chi connectivity index (χ0v) is 17.2. The van der Waals surface area contributed by atoms with Crippen LogP contribution in [0.4, 0.5) is 0 Å². The van der Waals surface area contributed by atoms with Crippen LogP contribution in [0.1, 0.15) is 0 Å². The van der Waals surface area contributed by atoms with E-state index in [9.17, 15) is 52.3 Å². The van der Waals surface area contributed by atoms with Crippen molar-refractivity contribution in [2.75, 3.05) is 6.61 Å². The highest BCUT2D eigenvalue weighted by atomic mass is 32.3. The van der Waals surface area contributed by atoms with E-state index in [1.807, 2.05) is 0 Å². The van der Waals surface area contributed by atoms with Crippen LogP contribution in [0.3, 0.4) is 0 Å². The van der Waals surface area contributed by atoms with Gasteiger partial charge in [-0.15, -0.1) is 0 Å². The number of aliphatic hydroxyl groups is 5. The highest BCUT2D eigenvalue weighted by molar-refractivity contribution is 7.83. The van der Waals surface area contributed by atoms with Crippen molar-refractivity contribution in [2.24, 2.45) is 0 Å². The van der Waals surface area contributed by atoms with Crippen LogP contribution in [0, 0.1) is 0 Å². The first-order chi connectivity index (χ1) is 14.5. The van der Waals surface area contributed by atoms with Crippen LogP contribution in [0.25, 0.3) is 0 Å². The summed E-state index contributed by atoms with van der Waals surface area (Å²) in [6, 6.07) is -2.09. The van der Waals surface area contributed by atoms with E-state index < -0.39 is 94.6 Å². The van der Waals surface area contributed by atoms with Gasteiger partial charge in [0.05, 0.1) is 6.61 Å². The van der Waals surface area contributed by atoms with E-state index in [0.29, 0.717) is 0 Å². The molecular weight excluding hydrogens is 494 g/mol. The molecule has 0 aromatic carbocycles. The largest absolute Gasteiger partial charge is 0.479 e. The van der Waals surface area contributed by atoms with Crippen LogP contribution in [-0.2, 0) is 43.9 Å². The van der Waals surface area contributed by atoms with Gasteiger partial charge in [0.1, 0.15) is 42.7 Å². The summed E-state index contributed by atoms with van der Waals surface area (Å²) in [5, 5.41) is 58.8. The summed E-state index contributed by atoms with van der Waals surface area (Å²) in [5.74, 6) is -1.82. The Morgan fingerprint density at radius 1 is 0.906 bits per heavy atom. The molecule has 2 rings (SSSR count). The van der Waals surface area contributed by atoms with Gasteiger partial charge in [0.25, 0.3) is 0 Å². The fraction of sp³-hybridized carbons (Fsp3) is 0.917. The van der Waals surface area contributed by atoms with Crippen LogP contribution in [-0.4, -0.2) is 131 Å². The molecular formula is C12H21NO17S2. The Kier molecular flexibility index (Phi) is 8.50. The maximum Gasteiger partial charge on any atom is 0.397 e. The molecule has 0 saturated carbocycles. The predicted molar refractivity (Wildman–Crippen MR) is 92.0 cm³/mol. The third-order valence-electron chi connectivity index (χ3n) is 4.46. The summed E-state index contributed by atoms with van der Waals surface area (Å²) < 4.78 is 81.9. The minimum Gasteiger partial charge on any atom is -0.479 e. The minimum atomic E-state index is -5.12. The number of carboxylic acid groups (broad SMARTS) is 1. The maximum atomic E-state index is 11.4. The van der Waals surface area contributed by atoms with Gasteiger partial charge in [0.2, 0.25) is 0 Å². The van der Waals surface area contributed by atoms with Gasteiger partial charge in [-0.3, -0.25) is 9.11 Å². The number of carboxylic acids is 1. The van der Waals surface area contributed by atoms with Gasteiger partial charge in [-0.05, 0) is 0 Å². The number of rotatable bonds is 8. The molecule has 2 aliphatic heterocycles. The lowest BCUT2D eigenvalue weighted by Crippen LogP contribution is -2.68. The summed E-state index contributed by atoms with van der Waals surface area (Å²) in [6.45, 7) is -1.15. The molecule has 2 aliphatic rings. The minimum absolute atomic E-state index is 1.15. The highest BCUT2D eigenvalue weighted by Crippen LogP contribution is 2.29. The molecule has 0 bridgehead atoms. The van der Waals surface area contributed by atoms with Crippen molar-refractivity contribution in [2.45, 2.75) is 61.3 Å². The van der Waals surface area contributed by atoms with Gasteiger partial charge in [0.15, 0.2) is 18.7 Å². The molecule has 20 heteroatoms. The van der Waals surface area contributed by atoms with Crippen LogP contribution in [0.15, 0.2) is 0 Å². The number of aliphatic hydroxyl groups excluding tert-OH is 5. The molecule has 0 amide bonds. The summed E-state index contributed by atoms with van der Waals surface area (Å²) in [4.78, 5) is 11.4. The van der Waals surface area contributed by atoms with Gasteiger partial charge in [-0.2, -0.15) is 21.6 Å². The van der Waals surface area contributed by atoms with Gasteiger partial charge in [-0.1, -0.05) is 0 Å². The predicted octanol–water partition coefficient (Wildman–Crippen LogP) is -6.08. The molecule has 188 valence electrons. The van der Waals surface area contributed by atoms with E-state index in [4.69, 9.17) is 18.6 Å². The summed E-state index contributed by atoms with van der Waals surface area (Å²) in [5.41, 5.74) is 0. The average Bonchev–Trinajstić information content (AvgIpc) is 2.64. The molecule has 0 aliphatic carbocycles. The van der Waals surface area contributed by atoms with Gasteiger partial charge in [0, 0.05) is 0 Å². The van der Waals surface area contributed by atoms with Crippen LogP contribution < -0.4 is 4.72 Å². The molecule has 9 N–H and O–H groups in total. The van der Waals surface area contributed by atoms with E-state index in [1.54, 1.807) is 0 Å². The SMILES string of the molecule is O=C(O)[C@H]1O[C@@H](O)[C@H](O)[C@@H](O)[C@@H]1O[C@H]1O[C@H](COS(=O)(=O)O)[C@@H](O)[C@H](O)[C@H]1NS(=O)(=O)O. The molecule has 32 heavy (non-hydrogen) atoms. The Morgan fingerprint density at radius 3 is 2.00 bits per heavy atom. The van der Waals surface area contributed by atoms with Crippen LogP contribution in [0.5, 0.6) is 0 Å². The monoisotopic (exact) mass is 515 g/mol. The molecule has 10 atom stereocenters. The number of aliphatic carboxylic acids is 1. The summed E-state index contributed by atoms with van der Waals surface area (Å²) in [7, 11) is -10.2. The second-order valence-electron chi connectivity index (χ2n) is 6.72. The number of nitrogens with one attached hydrogen (secondary N) is 1. The Bertz CT molecular complexity index is 876. The van der Waals surface area contributed by atoms with E-state index >= 15 is 0 Å². The maximum absolute atomic E-state index is 11.4. The van der Waals surface area contributed by atoms with Crippen molar-refractivity contribution in [1.82, 2.24) is 4.72 Å². The lowest BCUT2D eigenvalue weighted by molar-refractivity contribution is -0.334. The Morgan fingerprint density at radius 2 is 1.50 bits per heavy atom. The smallest absolute Gasteiger partial charge is 0.397 e. The first-order valence-electron chi connectivity index (χ1n) is 8.48. The number of hydrogen-bond donors (Lipinski definition) is 9. The zero-order valence-electron chi connectivity index (χ0n) is 15.5. The summed E-state index contributed by atoms with van der Waals surface area (Å²) in [6.07, 6.45) is -19.1. The number of carbonyl (C=O) groups is 1. The molecule has 0 aromatic rings. The van der Waals surface area contributed by atoms with E-state index in [-0.39, 0.29) is 0 Å². The van der Waals surface area contributed by atoms with Crippen molar-refractivity contribution in [3.05, 3.63) is 0 Å². The molecule has 2 heterocycles. The lowest BCUT2D eigenvalue weighted by atomic mass is 9.96. The molecule has 0 unspecified atom stereocenters. The van der Waals surface area contributed by atoms with Crippen LogP contribution >= 0.6 is 0 Å². The average molecular weight is 515 g/mol. The van der Waals surface area contributed by atoms with Crippen molar-refractivity contribution in [3.8, 4) is 0 Å². The van der Waals surface area contributed by atoms with E-state index in [0.717, 1.165) is 0 Å². The van der Waals surface area contributed by atoms with Crippen molar-refractivity contribution >= 4 is 26.7 Å². The highest BCUT2D eigenvalue weighted by Gasteiger charge is 2.53. The number of ether oxygens (including phenoxy) is 3. The first-order valence-corrected chi connectivity index (χ1v) is 11.3. The third kappa shape index (κ3) is 6.71. The normalized spacial score (nSPS) is 41.3. The fourth-order valence-electron chi connectivity index (χ4n) is 2.99. The molecule has 0 aromatic heterocycles. The molecule has 0 spiro atoms. The Balaban J connectivity index is 2.35. The topological polar surface area (TPSA) is 296 Å². The van der Waals surface area contributed by atoms with Gasteiger partial charge >= 0.3 is 26.7 Å². The second kappa shape index (κ2) is 10.0.